The molecule has 4 nitrogen and oxygen atoms in total. The maximum atomic E-state index is 12.5. The van der Waals surface area contributed by atoms with Crippen LogP contribution in [0.25, 0.3) is 10.8 Å². The van der Waals surface area contributed by atoms with Crippen LogP contribution in [0.3, 0.4) is 0 Å². The van der Waals surface area contributed by atoms with Crippen LogP contribution < -0.4 is 10.9 Å². The van der Waals surface area contributed by atoms with E-state index in [-0.39, 0.29) is 17.8 Å². The van der Waals surface area contributed by atoms with Gasteiger partial charge in [-0.15, -0.1) is 0 Å². The summed E-state index contributed by atoms with van der Waals surface area (Å²) in [7, 11) is 0. The number of aromatic nitrogens is 1. The number of hydrogen-bond donors (Lipinski definition) is 1. The minimum Gasteiger partial charge on any atom is -0.325 e. The number of nitrogens with zero attached hydrogens (tertiary/aromatic N) is 1. The maximum absolute atomic E-state index is 12.5. The van der Waals surface area contributed by atoms with Crippen molar-refractivity contribution in [3.63, 3.8) is 0 Å². The van der Waals surface area contributed by atoms with Gasteiger partial charge in [0, 0.05) is 17.3 Å². The first-order valence-electron chi connectivity index (χ1n) is 7.40. The fraction of sp³-hybridized carbons (Fsp3) is 0.111. The number of fused-ring (bicyclic) bond motifs is 1. The first kappa shape index (κ1) is 16.8. The Morgan fingerprint density at radius 1 is 1.00 bits per heavy atom. The van der Waals surface area contributed by atoms with Crippen LogP contribution >= 0.6 is 0 Å². The second-order valence-electron chi connectivity index (χ2n) is 5.46. The molecule has 0 radical (unpaired) electrons. The van der Waals surface area contributed by atoms with Crippen molar-refractivity contribution < 1.29 is 18.0 Å². The summed E-state index contributed by atoms with van der Waals surface area (Å²) in [5.74, 6) is -0.503. The van der Waals surface area contributed by atoms with E-state index in [0.717, 1.165) is 17.5 Å². The molecule has 25 heavy (non-hydrogen) atoms. The molecule has 0 saturated heterocycles. The third-order valence-corrected chi connectivity index (χ3v) is 3.70. The molecule has 3 aromatic rings. The monoisotopic (exact) mass is 346 g/mol. The molecule has 0 aliphatic heterocycles. The van der Waals surface area contributed by atoms with Gasteiger partial charge >= 0.3 is 6.18 Å². The highest BCUT2D eigenvalue weighted by molar-refractivity contribution is 5.91. The quantitative estimate of drug-likeness (QED) is 0.787. The Morgan fingerprint density at radius 3 is 2.36 bits per heavy atom. The van der Waals surface area contributed by atoms with Crippen molar-refractivity contribution in [3.05, 3.63) is 76.7 Å². The molecule has 0 bridgehead atoms. The molecule has 0 unspecified atom stereocenters. The van der Waals surface area contributed by atoms with Crippen LogP contribution in [0.4, 0.5) is 18.9 Å². The summed E-state index contributed by atoms with van der Waals surface area (Å²) in [6.07, 6.45) is -2.92. The number of halogens is 3. The van der Waals surface area contributed by atoms with Crippen LogP contribution in [0.5, 0.6) is 0 Å². The minimum absolute atomic E-state index is 0.229. The van der Waals surface area contributed by atoms with Gasteiger partial charge in [0.05, 0.1) is 5.56 Å². The summed E-state index contributed by atoms with van der Waals surface area (Å²) in [5, 5.41) is 3.74. The van der Waals surface area contributed by atoms with Crippen LogP contribution in [-0.4, -0.2) is 10.5 Å². The lowest BCUT2D eigenvalue weighted by Crippen LogP contribution is -2.27. The van der Waals surface area contributed by atoms with E-state index >= 15 is 0 Å². The van der Waals surface area contributed by atoms with Gasteiger partial charge in [-0.3, -0.25) is 9.59 Å². The van der Waals surface area contributed by atoms with E-state index < -0.39 is 17.6 Å². The second-order valence-corrected chi connectivity index (χ2v) is 5.46. The number of carbonyl (C=O) groups excluding carboxylic acids is 1. The number of anilines is 1. The fourth-order valence-electron chi connectivity index (χ4n) is 2.45. The number of nitrogens with one attached hydrogen (secondary N) is 1. The standard InChI is InChI=1S/C18H13F3N2O2/c19-18(20,21)13-5-7-14(8-6-13)22-16(24)11-23-10-9-12-3-1-2-4-15(12)17(23)25/h1-10H,11H2,(H,22,24). The van der Waals surface area contributed by atoms with Crippen LogP contribution in [0.1, 0.15) is 5.56 Å². The zero-order chi connectivity index (χ0) is 18.0. The molecule has 1 N–H and O–H groups in total. The molecule has 0 spiro atoms. The molecule has 3 rings (SSSR count). The molecule has 0 saturated carbocycles. The highest BCUT2D eigenvalue weighted by atomic mass is 19.4. The van der Waals surface area contributed by atoms with Gasteiger partial charge in [0.1, 0.15) is 6.54 Å². The van der Waals surface area contributed by atoms with Gasteiger partial charge in [-0.25, -0.2) is 0 Å². The normalized spacial score (nSPS) is 11.5. The maximum Gasteiger partial charge on any atom is 0.416 e. The Hall–Kier alpha value is -3.09. The molecule has 128 valence electrons. The van der Waals surface area contributed by atoms with Crippen LogP contribution in [0.2, 0.25) is 0 Å². The molecular formula is C18H13F3N2O2. The molecular weight excluding hydrogens is 333 g/mol. The van der Waals surface area contributed by atoms with Crippen molar-refractivity contribution in [3.8, 4) is 0 Å². The predicted octanol–water partition coefficient (Wildman–Crippen LogP) is 3.66. The van der Waals surface area contributed by atoms with E-state index in [1.165, 1.54) is 22.9 Å². The number of alkyl halides is 3. The number of benzene rings is 2. The first-order valence-corrected chi connectivity index (χ1v) is 7.40. The van der Waals surface area contributed by atoms with Crippen LogP contribution in [0.15, 0.2) is 65.6 Å². The van der Waals surface area contributed by atoms with Crippen LogP contribution in [-0.2, 0) is 17.5 Å². The molecule has 0 fully saturated rings. The van der Waals surface area contributed by atoms with Gasteiger partial charge in [0.15, 0.2) is 0 Å². The zero-order valence-electron chi connectivity index (χ0n) is 12.9. The molecule has 2 aromatic carbocycles. The van der Waals surface area contributed by atoms with E-state index in [1.807, 2.05) is 6.07 Å². The molecule has 1 heterocycles. The topological polar surface area (TPSA) is 51.1 Å². The van der Waals surface area contributed by atoms with E-state index in [0.29, 0.717) is 5.39 Å². The summed E-state index contributed by atoms with van der Waals surface area (Å²) in [6.45, 7) is -0.231. The molecule has 0 aliphatic rings. The number of pyridine rings is 1. The number of amides is 1. The summed E-state index contributed by atoms with van der Waals surface area (Å²) < 4.78 is 38.8. The third kappa shape index (κ3) is 3.71. The second kappa shape index (κ2) is 6.43. The summed E-state index contributed by atoms with van der Waals surface area (Å²) in [5.41, 5.74) is -0.872. The predicted molar refractivity (Wildman–Crippen MR) is 88.3 cm³/mol. The lowest BCUT2D eigenvalue weighted by atomic mass is 10.2. The molecule has 1 amide bonds. The number of carbonyl (C=O) groups is 1. The Kier molecular flexibility index (Phi) is 4.31. The van der Waals surface area contributed by atoms with Crippen molar-refractivity contribution in [2.24, 2.45) is 0 Å². The van der Waals surface area contributed by atoms with Crippen LogP contribution in [0, 0.1) is 0 Å². The third-order valence-electron chi connectivity index (χ3n) is 3.70. The summed E-state index contributed by atoms with van der Waals surface area (Å²) >= 11 is 0. The van der Waals surface area contributed by atoms with Crippen molar-refractivity contribution >= 4 is 22.4 Å². The number of hydrogen-bond acceptors (Lipinski definition) is 2. The van der Waals surface area contributed by atoms with Crippen molar-refractivity contribution in [1.82, 2.24) is 4.57 Å². The Bertz CT molecular complexity index is 976. The van der Waals surface area contributed by atoms with Crippen molar-refractivity contribution in [2.75, 3.05) is 5.32 Å². The van der Waals surface area contributed by atoms with Gasteiger partial charge in [-0.2, -0.15) is 13.2 Å². The van der Waals surface area contributed by atoms with E-state index in [4.69, 9.17) is 0 Å². The lowest BCUT2D eigenvalue weighted by molar-refractivity contribution is -0.137. The molecule has 1 aromatic heterocycles. The van der Waals surface area contributed by atoms with Gasteiger partial charge in [-0.1, -0.05) is 18.2 Å². The highest BCUT2D eigenvalue weighted by Crippen LogP contribution is 2.29. The summed E-state index contributed by atoms with van der Waals surface area (Å²) in [4.78, 5) is 24.4. The zero-order valence-corrected chi connectivity index (χ0v) is 12.9. The average Bonchev–Trinajstić information content (AvgIpc) is 2.57. The molecule has 7 heteroatoms. The smallest absolute Gasteiger partial charge is 0.325 e. The largest absolute Gasteiger partial charge is 0.416 e. The highest BCUT2D eigenvalue weighted by Gasteiger charge is 2.29. The lowest BCUT2D eigenvalue weighted by Gasteiger charge is -2.10. The van der Waals surface area contributed by atoms with Crippen molar-refractivity contribution in [1.29, 1.82) is 0 Å². The minimum atomic E-state index is -4.43. The van der Waals surface area contributed by atoms with E-state index in [2.05, 4.69) is 5.32 Å². The SMILES string of the molecule is O=C(Cn1ccc2ccccc2c1=O)Nc1ccc(C(F)(F)F)cc1. The Balaban J connectivity index is 1.75. The van der Waals surface area contributed by atoms with Gasteiger partial charge < -0.3 is 9.88 Å². The molecule has 0 atom stereocenters. The van der Waals surface area contributed by atoms with E-state index in [1.54, 1.807) is 24.3 Å². The van der Waals surface area contributed by atoms with Gasteiger partial charge in [-0.05, 0) is 41.8 Å². The van der Waals surface area contributed by atoms with Crippen molar-refractivity contribution in [2.45, 2.75) is 12.7 Å². The average molecular weight is 346 g/mol. The fourth-order valence-corrected chi connectivity index (χ4v) is 2.45. The number of rotatable bonds is 3. The first-order chi connectivity index (χ1) is 11.8. The van der Waals surface area contributed by atoms with E-state index in [9.17, 15) is 22.8 Å². The van der Waals surface area contributed by atoms with Gasteiger partial charge in [0.2, 0.25) is 5.91 Å². The Morgan fingerprint density at radius 2 is 1.68 bits per heavy atom. The summed E-state index contributed by atoms with van der Waals surface area (Å²) in [6, 6.07) is 12.8. The molecule has 0 aliphatic carbocycles. The van der Waals surface area contributed by atoms with Gasteiger partial charge in [0.25, 0.3) is 5.56 Å². The Labute approximate surface area is 140 Å².